The van der Waals surface area contributed by atoms with E-state index in [2.05, 4.69) is 19.1 Å². The van der Waals surface area contributed by atoms with E-state index in [4.69, 9.17) is 40.8 Å². The van der Waals surface area contributed by atoms with E-state index in [1.807, 2.05) is 108 Å². The monoisotopic (exact) mass is 1350 g/mol. The fourth-order valence-electron chi connectivity index (χ4n) is 14.8. The number of nitrogens with zero attached hydrogens (tertiary/aromatic N) is 3. The quantitative estimate of drug-likeness (QED) is 0.0998. The van der Waals surface area contributed by atoms with Gasteiger partial charge >= 0.3 is 0 Å². The molecule has 0 spiro atoms. The Bertz CT molecular complexity index is 3990. The maximum absolute atomic E-state index is 12.9. The zero-order valence-electron chi connectivity index (χ0n) is 58.5. The summed E-state index contributed by atoms with van der Waals surface area (Å²) >= 11 is 11.5. The number of halogens is 1. The number of ketones is 3. The number of rotatable bonds is 13. The Labute approximate surface area is 573 Å². The molecule has 6 aliphatic rings. The maximum atomic E-state index is 12.9. The minimum absolute atomic E-state index is 0.0291. The summed E-state index contributed by atoms with van der Waals surface area (Å²) in [5, 5.41) is 37.1. The number of aryl methyl sites for hydroxylation is 9. The largest absolute Gasteiger partial charge is 0.512 e. The van der Waals surface area contributed by atoms with Gasteiger partial charge in [-0.1, -0.05) is 42.3 Å². The first-order chi connectivity index (χ1) is 44.2. The van der Waals surface area contributed by atoms with Crippen LogP contribution in [-0.4, -0.2) is 64.4 Å². The highest BCUT2D eigenvalue weighted by Gasteiger charge is 2.40. The van der Waals surface area contributed by atoms with E-state index in [0.29, 0.717) is 29.4 Å². The molecule has 16 heteroatoms. The van der Waals surface area contributed by atoms with Crippen LogP contribution >= 0.6 is 45.6 Å². The Morgan fingerprint density at radius 1 is 0.489 bits per heavy atom. The molecule has 0 fully saturated rings. The fraction of sp³-hybridized carbons (Fsp3) is 0.538. The highest BCUT2D eigenvalue weighted by atomic mass is 35.5. The second-order valence-corrected chi connectivity index (χ2v) is 33.3. The van der Waals surface area contributed by atoms with Crippen LogP contribution in [0.1, 0.15) is 279 Å². The first kappa shape index (κ1) is 71.1. The number of pyridine rings is 3. The molecule has 2 unspecified atom stereocenters. The molecule has 0 amide bonds. The maximum Gasteiger partial charge on any atom is 0.163 e. The van der Waals surface area contributed by atoms with Gasteiger partial charge in [-0.05, 0) is 271 Å². The van der Waals surface area contributed by atoms with Crippen molar-refractivity contribution in [3.63, 3.8) is 0 Å². The van der Waals surface area contributed by atoms with Crippen LogP contribution in [0.4, 0.5) is 0 Å². The van der Waals surface area contributed by atoms with E-state index in [9.17, 15) is 29.7 Å². The number of thiophene rings is 3. The zero-order valence-corrected chi connectivity index (χ0v) is 61.7. The summed E-state index contributed by atoms with van der Waals surface area (Å²) in [7, 11) is 0. The average molecular weight is 1350 g/mol. The molecule has 12 nitrogen and oxygen atoms in total. The molecule has 504 valence electrons. The predicted octanol–water partition coefficient (Wildman–Crippen LogP) is 21.0. The molecule has 6 heterocycles. The number of Topliss-reactive ketones (excluding diaryl/α,β-unsaturated/α-hetero) is 3. The molecule has 0 aliphatic heterocycles. The first-order valence-corrected chi connectivity index (χ1v) is 36.9. The third-order valence-corrected chi connectivity index (χ3v) is 22.6. The van der Waals surface area contributed by atoms with Crippen molar-refractivity contribution < 1.29 is 43.9 Å². The van der Waals surface area contributed by atoms with Gasteiger partial charge in [0.2, 0.25) is 0 Å². The summed E-state index contributed by atoms with van der Waals surface area (Å²) in [6.07, 6.45) is 25.9. The van der Waals surface area contributed by atoms with Crippen molar-refractivity contribution in [1.29, 1.82) is 0 Å². The van der Waals surface area contributed by atoms with Crippen molar-refractivity contribution in [3.8, 4) is 0 Å². The molecule has 0 saturated carbocycles. The molecule has 94 heavy (non-hydrogen) atoms. The molecule has 6 aromatic rings. The molecule has 0 saturated heterocycles. The van der Waals surface area contributed by atoms with Crippen molar-refractivity contribution in [2.24, 2.45) is 0 Å². The highest BCUT2D eigenvalue weighted by molar-refractivity contribution is 7.19. The molecule has 0 bridgehead atoms. The normalized spacial score (nSPS) is 20.2. The van der Waals surface area contributed by atoms with Crippen LogP contribution in [0.15, 0.2) is 69.9 Å². The number of carbonyl (C=O) groups is 3. The van der Waals surface area contributed by atoms with Crippen molar-refractivity contribution in [3.05, 3.63) is 152 Å². The number of aliphatic hydroxyl groups excluding tert-OH is 3. The van der Waals surface area contributed by atoms with E-state index in [1.54, 1.807) is 60.9 Å². The van der Waals surface area contributed by atoms with Crippen LogP contribution in [0.5, 0.6) is 0 Å². The minimum atomic E-state index is -0.736. The molecule has 0 radical (unpaired) electrons. The third kappa shape index (κ3) is 15.2. The smallest absolute Gasteiger partial charge is 0.163 e. The Kier molecular flexibility index (Phi) is 21.5. The second-order valence-electron chi connectivity index (χ2n) is 29.7. The van der Waals surface area contributed by atoms with E-state index < -0.39 is 35.1 Å². The van der Waals surface area contributed by atoms with Gasteiger partial charge in [0.05, 0.1) is 16.8 Å². The van der Waals surface area contributed by atoms with Gasteiger partial charge in [-0.3, -0.25) is 14.4 Å². The minimum Gasteiger partial charge on any atom is -0.512 e. The lowest BCUT2D eigenvalue weighted by Gasteiger charge is -2.31. The molecular formula is C78H98ClN3O9S3. The Hall–Kier alpha value is -5.65. The number of allylic oxidation sites excluding steroid dienone is 12. The Morgan fingerprint density at radius 2 is 0.798 bits per heavy atom. The number of carbonyl (C=O) groups excluding carboxylic acids is 3. The van der Waals surface area contributed by atoms with Gasteiger partial charge in [0.15, 0.2) is 17.3 Å². The lowest BCUT2D eigenvalue weighted by atomic mass is 9.80. The summed E-state index contributed by atoms with van der Waals surface area (Å²) in [4.78, 5) is 60.8. The Morgan fingerprint density at radius 3 is 1.10 bits per heavy atom. The van der Waals surface area contributed by atoms with Gasteiger partial charge in [0.25, 0.3) is 0 Å². The van der Waals surface area contributed by atoms with Crippen LogP contribution in [0.25, 0.3) is 30.6 Å². The standard InChI is InChI=1S/C27H35NO3S.C26H33NO3S.C25H30ClNO3S/c1-7-17-12-13-18(20(30)14-17)23-22(25(16(3)29)31-27(4,5)6)15(2)28-26-24(23)19-10-8-9-11-21(19)32-26;1-14-11-12-17(19(29)13-14)22-21(24(16(3)28)30-26(4,5)6)15(2)27-25-23(22)18-9-7-8-10-20(18)31-25;1-13-20(23(14(2)28)30-25(3,4)5)21(16-11-10-15(26)12-18(16)29)22-17-8-6-7-9-19(17)31-24(22)27-13/h12,14,18,25,30H,7-11,13H2,1-6H3;11,13,17,24,29H,7-10,12H2,1-6H3;10,12,16,23,29H,6-9,11H2,1-5H3/t18?,25-;17?,24-;16-,23-/m111/s1. The summed E-state index contributed by atoms with van der Waals surface area (Å²) in [6.45, 7) is 32.5. The molecule has 3 N–H and O–H groups in total. The fourth-order valence-corrected chi connectivity index (χ4v) is 19.0. The number of aromatic nitrogens is 3. The van der Waals surface area contributed by atoms with E-state index in [-0.39, 0.29) is 40.9 Å². The van der Waals surface area contributed by atoms with E-state index in [1.165, 1.54) is 63.4 Å². The predicted molar refractivity (Wildman–Crippen MR) is 386 cm³/mol. The number of aliphatic hydroxyl groups is 3. The molecular weight excluding hydrogens is 1250 g/mol. The highest BCUT2D eigenvalue weighted by Crippen LogP contribution is 2.52. The van der Waals surface area contributed by atoms with Gasteiger partial charge in [-0.15, -0.1) is 34.0 Å². The molecule has 6 aliphatic carbocycles. The Balaban J connectivity index is 0.000000154. The van der Waals surface area contributed by atoms with Gasteiger partial charge in [-0.25, -0.2) is 15.0 Å². The number of hydrogen-bond acceptors (Lipinski definition) is 15. The van der Waals surface area contributed by atoms with Gasteiger partial charge < -0.3 is 29.5 Å². The van der Waals surface area contributed by atoms with Gasteiger partial charge in [0.1, 0.15) is 50.1 Å². The molecule has 0 aromatic carbocycles. The van der Waals surface area contributed by atoms with Crippen LogP contribution in [0.2, 0.25) is 0 Å². The second kappa shape index (κ2) is 28.4. The average Bonchev–Trinajstić information content (AvgIpc) is 1.50. The van der Waals surface area contributed by atoms with Crippen molar-refractivity contribution in [2.75, 3.05) is 0 Å². The van der Waals surface area contributed by atoms with Crippen molar-refractivity contribution in [1.82, 2.24) is 15.0 Å². The zero-order chi connectivity index (χ0) is 68.2. The van der Waals surface area contributed by atoms with Crippen molar-refractivity contribution >= 4 is 93.6 Å². The summed E-state index contributed by atoms with van der Waals surface area (Å²) in [5.41, 5.74) is 12.9. The van der Waals surface area contributed by atoms with Gasteiger partial charge in [0, 0.05) is 87.3 Å². The third-order valence-electron chi connectivity index (χ3n) is 18.8. The first-order valence-electron chi connectivity index (χ1n) is 34.1. The lowest BCUT2D eigenvalue weighted by Crippen LogP contribution is -2.28. The van der Waals surface area contributed by atoms with Crippen LogP contribution in [-0.2, 0) is 67.1 Å². The molecule has 6 aromatic heterocycles. The topological polar surface area (TPSA) is 178 Å². The number of ether oxygens (including phenoxy) is 3. The summed E-state index contributed by atoms with van der Waals surface area (Å²) in [6, 6.07) is 0. The van der Waals surface area contributed by atoms with Crippen LogP contribution < -0.4 is 0 Å². The molecule has 12 rings (SSSR count). The SMILES string of the molecule is CC(=O)[C@@H](OC(C)(C)C)c1c(C)nc2sc3c(c2c1C1CC=C(C)C=C1O)CCCC3.CC(=O)[C@@H](OC(C)(C)C)c1c(C)nc2sc3c(c2c1[C@@H]1CC=C(Cl)C=C1O)CCCC3.CCC1=CCC(c2c([C@H](OC(C)(C)C)C(C)=O)c(C)nc3sc4c(c23)CCCC4)C(O)=C1. The van der Waals surface area contributed by atoms with E-state index >= 15 is 0 Å². The number of hydrogen-bond donors (Lipinski definition) is 3. The lowest BCUT2D eigenvalue weighted by molar-refractivity contribution is -0.139. The van der Waals surface area contributed by atoms with Crippen molar-refractivity contribution in [2.45, 2.75) is 273 Å². The van der Waals surface area contributed by atoms with Crippen LogP contribution in [0.3, 0.4) is 0 Å². The number of fused-ring (bicyclic) bond motifs is 9. The summed E-state index contributed by atoms with van der Waals surface area (Å²) < 4.78 is 19.0. The molecule has 6 atom stereocenters. The summed E-state index contributed by atoms with van der Waals surface area (Å²) in [5.74, 6) is 0.214. The van der Waals surface area contributed by atoms with Crippen LogP contribution in [0, 0.1) is 20.8 Å². The van der Waals surface area contributed by atoms with Gasteiger partial charge in [-0.2, -0.15) is 0 Å². The van der Waals surface area contributed by atoms with E-state index in [0.717, 1.165) is 150 Å².